The Balaban J connectivity index is 1.49. The number of fused-ring (bicyclic) bond motifs is 2. The van der Waals surface area contributed by atoms with Gasteiger partial charge in [0, 0.05) is 26.1 Å². The number of amides is 1. The highest BCUT2D eigenvalue weighted by Crippen LogP contribution is 2.46. The molecule has 0 bridgehead atoms. The SMILES string of the molecule is CC(C)C1(CCN2CCc3ccccc3C2)CC2O/C=C/C=C(C(F)(F)F)\C=C\CN2C1=O. The van der Waals surface area contributed by atoms with Gasteiger partial charge in [-0.25, -0.2) is 0 Å². The molecule has 0 saturated carbocycles. The first kappa shape index (κ1) is 23.6. The molecule has 1 aromatic rings. The third-order valence-electron chi connectivity index (χ3n) is 7.28. The van der Waals surface area contributed by atoms with Crippen molar-refractivity contribution >= 4 is 5.91 Å². The summed E-state index contributed by atoms with van der Waals surface area (Å²) < 4.78 is 45.2. The molecule has 3 aliphatic rings. The van der Waals surface area contributed by atoms with E-state index < -0.39 is 23.4 Å². The molecule has 2 atom stereocenters. The third kappa shape index (κ3) is 4.88. The van der Waals surface area contributed by atoms with Crippen LogP contribution < -0.4 is 0 Å². The molecule has 178 valence electrons. The van der Waals surface area contributed by atoms with Crippen LogP contribution >= 0.6 is 0 Å². The average molecular weight is 461 g/mol. The van der Waals surface area contributed by atoms with Gasteiger partial charge in [-0.05, 0) is 48.6 Å². The number of benzene rings is 1. The number of halogens is 3. The quantitative estimate of drug-likeness (QED) is 0.617. The minimum atomic E-state index is -4.46. The van der Waals surface area contributed by atoms with Crippen molar-refractivity contribution in [2.24, 2.45) is 11.3 Å². The van der Waals surface area contributed by atoms with Gasteiger partial charge in [-0.1, -0.05) is 50.3 Å². The number of hydrogen-bond acceptors (Lipinski definition) is 3. The van der Waals surface area contributed by atoms with Crippen LogP contribution in [0.15, 0.2) is 60.4 Å². The monoisotopic (exact) mass is 460 g/mol. The highest BCUT2D eigenvalue weighted by molar-refractivity contribution is 5.85. The van der Waals surface area contributed by atoms with Gasteiger partial charge in [-0.15, -0.1) is 0 Å². The van der Waals surface area contributed by atoms with E-state index in [1.54, 1.807) is 4.90 Å². The van der Waals surface area contributed by atoms with Gasteiger partial charge in [-0.3, -0.25) is 9.69 Å². The molecule has 4 rings (SSSR count). The molecule has 33 heavy (non-hydrogen) atoms. The Labute approximate surface area is 193 Å². The van der Waals surface area contributed by atoms with E-state index in [4.69, 9.17) is 4.74 Å². The summed E-state index contributed by atoms with van der Waals surface area (Å²) in [5.41, 5.74) is 1.36. The highest BCUT2D eigenvalue weighted by Gasteiger charge is 2.53. The third-order valence-corrected chi connectivity index (χ3v) is 7.28. The van der Waals surface area contributed by atoms with Crippen molar-refractivity contribution in [3.63, 3.8) is 0 Å². The number of alkyl halides is 3. The Kier molecular flexibility index (Phi) is 6.71. The second-order valence-corrected chi connectivity index (χ2v) is 9.46. The van der Waals surface area contributed by atoms with Crippen molar-refractivity contribution in [1.82, 2.24) is 9.80 Å². The largest absolute Gasteiger partial charge is 0.478 e. The number of hydrogen-bond donors (Lipinski definition) is 0. The maximum atomic E-state index is 13.6. The average Bonchev–Trinajstić information content (AvgIpc) is 3.06. The van der Waals surface area contributed by atoms with Gasteiger partial charge in [0.05, 0.1) is 17.3 Å². The first-order chi connectivity index (χ1) is 15.7. The standard InChI is InChI=1S/C26H31F3N2O2/c1-19(2)25(12-15-30-14-11-20-7-3-4-8-21(20)18-30)17-23-31(24(25)32)13-5-9-22(26(27,28)29)10-6-16-33-23/h3-10,16,19,23H,11-15,17-18H2,1-2H3/b9-5+,16-6+,22-10+. The van der Waals surface area contributed by atoms with Crippen molar-refractivity contribution in [3.8, 4) is 0 Å². The predicted molar refractivity (Wildman–Crippen MR) is 121 cm³/mol. The van der Waals surface area contributed by atoms with E-state index in [1.807, 2.05) is 0 Å². The fourth-order valence-electron chi connectivity index (χ4n) is 5.15. The van der Waals surface area contributed by atoms with Crippen molar-refractivity contribution in [2.45, 2.75) is 52.1 Å². The van der Waals surface area contributed by atoms with Crippen molar-refractivity contribution < 1.29 is 22.7 Å². The molecular formula is C26H31F3N2O2. The normalized spacial score (nSPS) is 29.6. The summed E-state index contributed by atoms with van der Waals surface area (Å²) in [5, 5.41) is 0. The Bertz CT molecular complexity index is 967. The molecule has 1 amide bonds. The molecular weight excluding hydrogens is 429 g/mol. The molecule has 7 heteroatoms. The molecule has 3 heterocycles. The minimum Gasteiger partial charge on any atom is -0.478 e. The molecule has 3 aliphatic heterocycles. The first-order valence-corrected chi connectivity index (χ1v) is 11.6. The van der Waals surface area contributed by atoms with E-state index in [0.717, 1.165) is 38.2 Å². The van der Waals surface area contributed by atoms with Gasteiger partial charge in [0.1, 0.15) is 0 Å². The van der Waals surface area contributed by atoms with Gasteiger partial charge in [0.2, 0.25) is 5.91 Å². The number of allylic oxidation sites excluding steroid dienone is 4. The van der Waals surface area contributed by atoms with E-state index in [9.17, 15) is 18.0 Å². The first-order valence-electron chi connectivity index (χ1n) is 11.6. The van der Waals surface area contributed by atoms with Crippen LogP contribution in [0.2, 0.25) is 0 Å². The topological polar surface area (TPSA) is 32.8 Å². The highest BCUT2D eigenvalue weighted by atomic mass is 19.4. The Hall–Kier alpha value is -2.54. The Morgan fingerprint density at radius 1 is 1.21 bits per heavy atom. The summed E-state index contributed by atoms with van der Waals surface area (Å²) in [6.07, 6.45) is 3.25. The second-order valence-electron chi connectivity index (χ2n) is 9.46. The smallest absolute Gasteiger partial charge is 0.416 e. The molecule has 0 N–H and O–H groups in total. The van der Waals surface area contributed by atoms with E-state index in [2.05, 4.69) is 43.0 Å². The number of rotatable bonds is 4. The second kappa shape index (κ2) is 9.37. The van der Waals surface area contributed by atoms with Gasteiger partial charge in [0.25, 0.3) is 0 Å². The summed E-state index contributed by atoms with van der Waals surface area (Å²) in [5.74, 6) is 0.0520. The van der Waals surface area contributed by atoms with E-state index in [-0.39, 0.29) is 18.4 Å². The molecule has 0 radical (unpaired) electrons. The van der Waals surface area contributed by atoms with Crippen LogP contribution in [-0.4, -0.2) is 47.7 Å². The van der Waals surface area contributed by atoms with Gasteiger partial charge < -0.3 is 9.64 Å². The van der Waals surface area contributed by atoms with E-state index >= 15 is 0 Å². The van der Waals surface area contributed by atoms with E-state index in [1.165, 1.54) is 29.5 Å². The summed E-state index contributed by atoms with van der Waals surface area (Å²) >= 11 is 0. The molecule has 0 aromatic heterocycles. The predicted octanol–water partition coefficient (Wildman–Crippen LogP) is 5.22. The van der Waals surface area contributed by atoms with Crippen LogP contribution in [0.5, 0.6) is 0 Å². The number of carbonyl (C=O) groups excluding carboxylic acids is 1. The lowest BCUT2D eigenvalue weighted by Crippen LogP contribution is -2.42. The molecule has 2 unspecified atom stereocenters. The van der Waals surface area contributed by atoms with Crippen molar-refractivity contribution in [1.29, 1.82) is 0 Å². The van der Waals surface area contributed by atoms with Crippen molar-refractivity contribution in [3.05, 3.63) is 71.5 Å². The Morgan fingerprint density at radius 3 is 2.70 bits per heavy atom. The number of nitrogens with zero attached hydrogens (tertiary/aromatic N) is 2. The zero-order valence-corrected chi connectivity index (χ0v) is 19.1. The van der Waals surface area contributed by atoms with Crippen molar-refractivity contribution in [2.75, 3.05) is 19.6 Å². The molecule has 1 aromatic carbocycles. The number of carbonyl (C=O) groups is 1. The number of ether oxygens (including phenoxy) is 1. The molecule has 1 saturated heterocycles. The van der Waals surface area contributed by atoms with Crippen LogP contribution in [0.25, 0.3) is 0 Å². The van der Waals surface area contributed by atoms with Crippen LogP contribution in [0.4, 0.5) is 13.2 Å². The summed E-state index contributed by atoms with van der Waals surface area (Å²) in [6, 6.07) is 8.47. The maximum Gasteiger partial charge on any atom is 0.416 e. The lowest BCUT2D eigenvalue weighted by molar-refractivity contribution is -0.141. The van der Waals surface area contributed by atoms with Gasteiger partial charge >= 0.3 is 6.18 Å². The lowest BCUT2D eigenvalue weighted by atomic mass is 9.72. The molecule has 1 fully saturated rings. The van der Waals surface area contributed by atoms with Crippen LogP contribution in [0.1, 0.15) is 37.8 Å². The fraction of sp³-hybridized carbons (Fsp3) is 0.500. The molecule has 0 spiro atoms. The summed E-state index contributed by atoms with van der Waals surface area (Å²) in [4.78, 5) is 17.6. The summed E-state index contributed by atoms with van der Waals surface area (Å²) in [6.45, 7) is 6.83. The van der Waals surface area contributed by atoms with Crippen LogP contribution in [-0.2, 0) is 22.5 Å². The molecule has 4 nitrogen and oxygen atoms in total. The minimum absolute atomic E-state index is 0.0314. The van der Waals surface area contributed by atoms with Gasteiger partial charge in [0.15, 0.2) is 6.23 Å². The van der Waals surface area contributed by atoms with E-state index in [0.29, 0.717) is 12.8 Å². The Morgan fingerprint density at radius 2 is 1.97 bits per heavy atom. The zero-order valence-electron chi connectivity index (χ0n) is 19.1. The van der Waals surface area contributed by atoms with Gasteiger partial charge in [-0.2, -0.15) is 13.2 Å². The maximum absolute atomic E-state index is 13.6. The fourth-order valence-corrected chi connectivity index (χ4v) is 5.15. The summed E-state index contributed by atoms with van der Waals surface area (Å²) in [7, 11) is 0. The lowest BCUT2D eigenvalue weighted by Gasteiger charge is -2.35. The van der Waals surface area contributed by atoms with Crippen LogP contribution in [0, 0.1) is 11.3 Å². The zero-order chi connectivity index (χ0) is 23.6. The molecule has 0 aliphatic carbocycles. The van der Waals surface area contributed by atoms with Crippen LogP contribution in [0.3, 0.4) is 0 Å².